The van der Waals surface area contributed by atoms with Gasteiger partial charge in [0.25, 0.3) is 0 Å². The minimum Gasteiger partial charge on any atom is -0.494 e. The van der Waals surface area contributed by atoms with Gasteiger partial charge in [0.15, 0.2) is 5.84 Å². The summed E-state index contributed by atoms with van der Waals surface area (Å²) in [6.07, 6.45) is 7.38. The Morgan fingerprint density at radius 3 is 2.38 bits per heavy atom. The van der Waals surface area contributed by atoms with Gasteiger partial charge in [-0.3, -0.25) is 0 Å². The van der Waals surface area contributed by atoms with Crippen molar-refractivity contribution in [2.24, 2.45) is 22.5 Å². The van der Waals surface area contributed by atoms with Crippen LogP contribution in [0.5, 0.6) is 11.5 Å². The smallest absolute Gasteiger partial charge is 0.170 e. The predicted octanol–water partition coefficient (Wildman–Crippen LogP) is 3.94. The fourth-order valence-corrected chi connectivity index (χ4v) is 4.47. The summed E-state index contributed by atoms with van der Waals surface area (Å²) in [7, 11) is 0. The van der Waals surface area contributed by atoms with Gasteiger partial charge in [-0.15, -0.1) is 0 Å². The average molecular weight is 515 g/mol. The van der Waals surface area contributed by atoms with Crippen LogP contribution in [0.2, 0.25) is 0 Å². The first-order valence-corrected chi connectivity index (χ1v) is 12.9. The number of benzene rings is 2. The van der Waals surface area contributed by atoms with Crippen LogP contribution in [0.25, 0.3) is 5.70 Å². The summed E-state index contributed by atoms with van der Waals surface area (Å²) < 4.78 is 25.9. The van der Waals surface area contributed by atoms with Crippen LogP contribution >= 0.6 is 0 Å². The third-order valence-corrected chi connectivity index (χ3v) is 6.62. The second-order valence-electron chi connectivity index (χ2n) is 9.30. The molecule has 2 aromatic carbocycles. The summed E-state index contributed by atoms with van der Waals surface area (Å²) in [5, 5.41) is 20.6. The Morgan fingerprint density at radius 1 is 1.03 bits per heavy atom. The molecule has 0 atom stereocenters. The van der Waals surface area contributed by atoms with Crippen LogP contribution in [0.3, 0.4) is 0 Å². The van der Waals surface area contributed by atoms with Gasteiger partial charge in [-0.1, -0.05) is 11.2 Å². The monoisotopic (exact) mass is 514 g/mol. The minimum absolute atomic E-state index is 0.0195. The van der Waals surface area contributed by atoms with E-state index in [0.29, 0.717) is 48.1 Å². The van der Waals surface area contributed by atoms with E-state index in [9.17, 15) is 4.39 Å². The quantitative estimate of drug-likeness (QED) is 0.0989. The van der Waals surface area contributed by atoms with Crippen molar-refractivity contribution in [3.05, 3.63) is 65.5 Å². The number of oxime groups is 1. The molecule has 202 valence electrons. The maximum atomic E-state index is 14.3. The molecule has 8 nitrogen and oxygen atoms in total. The van der Waals surface area contributed by atoms with Crippen molar-refractivity contribution >= 4 is 11.5 Å². The molecule has 0 aliphatic carbocycles. The zero-order chi connectivity index (χ0) is 26.5. The van der Waals surface area contributed by atoms with Gasteiger partial charge >= 0.3 is 0 Å². The number of amidine groups is 1. The summed E-state index contributed by atoms with van der Waals surface area (Å²) in [6, 6.07) is 11.9. The molecule has 1 heterocycles. The van der Waals surface area contributed by atoms with E-state index < -0.39 is 5.82 Å². The zero-order valence-electron chi connectivity index (χ0n) is 21.3. The summed E-state index contributed by atoms with van der Waals surface area (Å²) in [5.41, 5.74) is 12.7. The van der Waals surface area contributed by atoms with Gasteiger partial charge in [-0.2, -0.15) is 0 Å². The van der Waals surface area contributed by atoms with Crippen molar-refractivity contribution in [2.75, 3.05) is 39.5 Å². The van der Waals surface area contributed by atoms with Crippen LogP contribution in [0, 0.1) is 11.7 Å². The molecular weight excluding hydrogens is 475 g/mol. The molecule has 37 heavy (non-hydrogen) atoms. The summed E-state index contributed by atoms with van der Waals surface area (Å²) in [4.78, 5) is 2.49. The lowest BCUT2D eigenvalue weighted by molar-refractivity contribution is 0.161. The normalized spacial score (nSPS) is 15.6. The van der Waals surface area contributed by atoms with Gasteiger partial charge in [0.1, 0.15) is 17.3 Å². The Labute approximate surface area is 218 Å². The van der Waals surface area contributed by atoms with Crippen LogP contribution in [0.4, 0.5) is 4.39 Å². The number of hydrogen-bond acceptors (Lipinski definition) is 7. The highest BCUT2D eigenvalue weighted by Crippen LogP contribution is 2.24. The number of rotatable bonds is 14. The number of piperidine rings is 1. The van der Waals surface area contributed by atoms with Gasteiger partial charge in [-0.05, 0) is 93.9 Å². The van der Waals surface area contributed by atoms with Crippen molar-refractivity contribution in [1.29, 1.82) is 0 Å². The fourth-order valence-electron chi connectivity index (χ4n) is 4.47. The van der Waals surface area contributed by atoms with E-state index in [0.717, 1.165) is 44.6 Å². The topological polar surface area (TPSA) is 127 Å². The maximum absolute atomic E-state index is 14.3. The SMILES string of the molecule is N/C(=C\CCO)c1ccc(OCCCC2CCN(CCCOc3ccc(/C(N)=N/O)cc3)CC2)cc1F. The van der Waals surface area contributed by atoms with Crippen molar-refractivity contribution in [3.63, 3.8) is 0 Å². The number of hydrogen-bond donors (Lipinski definition) is 4. The van der Waals surface area contributed by atoms with Crippen LogP contribution < -0.4 is 20.9 Å². The highest BCUT2D eigenvalue weighted by molar-refractivity contribution is 5.97. The molecule has 2 aromatic rings. The largest absolute Gasteiger partial charge is 0.494 e. The highest BCUT2D eigenvalue weighted by Gasteiger charge is 2.18. The van der Waals surface area contributed by atoms with E-state index in [1.165, 1.54) is 18.9 Å². The summed E-state index contributed by atoms with van der Waals surface area (Å²) in [5.74, 6) is 1.64. The number of nitrogens with zero attached hydrogens (tertiary/aromatic N) is 2. The van der Waals surface area contributed by atoms with Crippen molar-refractivity contribution in [1.82, 2.24) is 4.90 Å². The number of aliphatic hydroxyl groups is 1. The molecule has 1 aliphatic heterocycles. The Morgan fingerprint density at radius 2 is 1.70 bits per heavy atom. The summed E-state index contributed by atoms with van der Waals surface area (Å²) >= 11 is 0. The van der Waals surface area contributed by atoms with E-state index in [-0.39, 0.29) is 12.4 Å². The predicted molar refractivity (Wildman–Crippen MR) is 143 cm³/mol. The van der Waals surface area contributed by atoms with E-state index in [4.69, 9.17) is 31.3 Å². The Kier molecular flexibility index (Phi) is 11.5. The average Bonchev–Trinajstić information content (AvgIpc) is 2.92. The van der Waals surface area contributed by atoms with E-state index in [1.807, 2.05) is 12.1 Å². The number of ether oxygens (including phenoxy) is 2. The lowest BCUT2D eigenvalue weighted by Crippen LogP contribution is -2.35. The molecule has 1 saturated heterocycles. The molecule has 0 saturated carbocycles. The van der Waals surface area contributed by atoms with Crippen LogP contribution in [-0.4, -0.2) is 60.5 Å². The van der Waals surface area contributed by atoms with Crippen LogP contribution in [-0.2, 0) is 0 Å². The Hall–Kier alpha value is -3.30. The van der Waals surface area contributed by atoms with Gasteiger partial charge in [0.2, 0.25) is 0 Å². The van der Waals surface area contributed by atoms with Crippen molar-refractivity contribution in [3.8, 4) is 11.5 Å². The van der Waals surface area contributed by atoms with Crippen LogP contribution in [0.15, 0.2) is 53.7 Å². The molecule has 0 bridgehead atoms. The molecular formula is C28H39FN4O4. The van der Waals surface area contributed by atoms with Crippen molar-refractivity contribution < 1.29 is 24.2 Å². The van der Waals surface area contributed by atoms with Crippen LogP contribution in [0.1, 0.15) is 49.7 Å². The molecule has 9 heteroatoms. The molecule has 0 amide bonds. The van der Waals surface area contributed by atoms with Crippen molar-refractivity contribution in [2.45, 2.75) is 38.5 Å². The fraction of sp³-hybridized carbons (Fsp3) is 0.464. The number of aliphatic hydroxyl groups excluding tert-OH is 1. The van der Waals surface area contributed by atoms with E-state index in [2.05, 4.69) is 10.1 Å². The lowest BCUT2D eigenvalue weighted by atomic mass is 9.92. The molecule has 6 N–H and O–H groups in total. The first-order chi connectivity index (χ1) is 18.0. The third kappa shape index (κ3) is 9.26. The second kappa shape index (κ2) is 15.1. The van der Waals surface area contributed by atoms with Gasteiger partial charge in [0.05, 0.1) is 13.2 Å². The third-order valence-electron chi connectivity index (χ3n) is 6.62. The molecule has 3 rings (SSSR count). The molecule has 0 radical (unpaired) electrons. The number of halogens is 1. The van der Waals surface area contributed by atoms with E-state index in [1.54, 1.807) is 30.3 Å². The lowest BCUT2D eigenvalue weighted by Gasteiger charge is -2.32. The van der Waals surface area contributed by atoms with Gasteiger partial charge < -0.3 is 36.2 Å². The molecule has 0 unspecified atom stereocenters. The first kappa shape index (κ1) is 28.3. The molecule has 0 spiro atoms. The zero-order valence-corrected chi connectivity index (χ0v) is 21.3. The van der Waals surface area contributed by atoms with Gasteiger partial charge in [-0.25, -0.2) is 4.39 Å². The molecule has 0 aromatic heterocycles. The Bertz CT molecular complexity index is 1020. The maximum Gasteiger partial charge on any atom is 0.170 e. The second-order valence-corrected chi connectivity index (χ2v) is 9.30. The molecule has 1 fully saturated rings. The standard InChI is InChI=1S/C28H39FN4O4/c29-26-20-24(10-11-25(26)27(30)5-1-17-34)37-18-2-4-21-12-15-33(16-13-21)14-3-19-36-23-8-6-22(7-9-23)28(31)32-35/h5-11,20-21,34-35H,1-4,12-19,30H2,(H2,31,32)/b27-5-. The highest BCUT2D eigenvalue weighted by atomic mass is 19.1. The molecule has 1 aliphatic rings. The Balaban J connectivity index is 1.26. The number of nitrogens with two attached hydrogens (primary N) is 2. The summed E-state index contributed by atoms with van der Waals surface area (Å²) in [6.45, 7) is 4.39. The first-order valence-electron chi connectivity index (χ1n) is 12.9. The minimum atomic E-state index is -0.418. The number of likely N-dealkylation sites (tertiary alicyclic amines) is 1. The van der Waals surface area contributed by atoms with Gasteiger partial charge in [0, 0.05) is 36.0 Å². The van der Waals surface area contributed by atoms with E-state index >= 15 is 0 Å².